The minimum absolute atomic E-state index is 0.0347. The maximum Gasteiger partial charge on any atom is 0.257 e. The Morgan fingerprint density at radius 3 is 2.60 bits per heavy atom. The Bertz CT molecular complexity index is 682. The molecule has 0 aromatic heterocycles. The molecule has 2 aromatic rings. The van der Waals surface area contributed by atoms with E-state index in [1.165, 1.54) is 0 Å². The molecule has 1 fully saturated rings. The lowest BCUT2D eigenvalue weighted by Gasteiger charge is -2.32. The van der Waals surface area contributed by atoms with Crippen molar-refractivity contribution in [1.82, 2.24) is 4.90 Å². The Hall–Kier alpha value is -2.13. The maximum absolute atomic E-state index is 12.6. The Morgan fingerprint density at radius 1 is 1.10 bits per heavy atom. The van der Waals surface area contributed by atoms with Gasteiger partial charge < -0.3 is 4.74 Å². The number of carbonyl (C=O) groups excluding carboxylic acids is 1. The van der Waals surface area contributed by atoms with Gasteiger partial charge >= 0.3 is 0 Å². The van der Waals surface area contributed by atoms with Gasteiger partial charge in [-0.3, -0.25) is 9.69 Å². The normalized spacial score (nSPS) is 27.6. The molecule has 20 heavy (non-hydrogen) atoms. The predicted octanol–water partition coefficient (Wildman–Crippen LogP) is 2.76. The summed E-state index contributed by atoms with van der Waals surface area (Å²) in [6, 6.07) is 17.8. The summed E-state index contributed by atoms with van der Waals surface area (Å²) in [6.07, 6.45) is 0.0347. The zero-order chi connectivity index (χ0) is 13.7. The highest BCUT2D eigenvalue weighted by Gasteiger charge is 2.56. The summed E-state index contributed by atoms with van der Waals surface area (Å²) in [5, 5.41) is 0. The van der Waals surface area contributed by atoms with Gasteiger partial charge in [0.25, 0.3) is 5.91 Å². The van der Waals surface area contributed by atoms with Crippen LogP contribution in [0, 0.1) is 0 Å². The average molecular weight is 265 g/mol. The number of ether oxygens (including phenoxy) is 1. The van der Waals surface area contributed by atoms with E-state index in [2.05, 4.69) is 0 Å². The van der Waals surface area contributed by atoms with Crippen molar-refractivity contribution in [3.63, 3.8) is 0 Å². The summed E-state index contributed by atoms with van der Waals surface area (Å²) in [5.41, 5.74) is 1.99. The highest BCUT2D eigenvalue weighted by molar-refractivity contribution is 6.00. The van der Waals surface area contributed by atoms with Crippen LogP contribution in [0.4, 0.5) is 0 Å². The van der Waals surface area contributed by atoms with Gasteiger partial charge in [0.2, 0.25) is 0 Å². The second-order valence-electron chi connectivity index (χ2n) is 5.40. The molecule has 0 N–H and O–H groups in total. The summed E-state index contributed by atoms with van der Waals surface area (Å²) >= 11 is 0. The lowest BCUT2D eigenvalue weighted by molar-refractivity contribution is -0.0542. The highest BCUT2D eigenvalue weighted by Crippen LogP contribution is 2.49. The number of carbonyl (C=O) groups is 1. The Morgan fingerprint density at radius 2 is 1.80 bits per heavy atom. The molecule has 2 heterocycles. The molecule has 0 radical (unpaired) electrons. The summed E-state index contributed by atoms with van der Waals surface area (Å²) < 4.78 is 6.26. The van der Waals surface area contributed by atoms with E-state index in [-0.39, 0.29) is 12.0 Å². The molecular formula is C17H15NO2. The van der Waals surface area contributed by atoms with Gasteiger partial charge in [0.1, 0.15) is 0 Å². The maximum atomic E-state index is 12.6. The van der Waals surface area contributed by atoms with Crippen LogP contribution in [0.2, 0.25) is 0 Å². The minimum Gasteiger partial charge on any atom is -0.342 e. The fourth-order valence-corrected chi connectivity index (χ4v) is 3.37. The van der Waals surface area contributed by atoms with Crippen molar-refractivity contribution in [3.05, 3.63) is 71.3 Å². The van der Waals surface area contributed by atoms with Gasteiger partial charge in [0, 0.05) is 16.7 Å². The topological polar surface area (TPSA) is 29.5 Å². The molecule has 1 amide bonds. The van der Waals surface area contributed by atoms with E-state index >= 15 is 0 Å². The van der Waals surface area contributed by atoms with Gasteiger partial charge in [0.05, 0.1) is 12.6 Å². The van der Waals surface area contributed by atoms with Crippen LogP contribution >= 0.6 is 0 Å². The van der Waals surface area contributed by atoms with Gasteiger partial charge in [-0.1, -0.05) is 48.5 Å². The van der Waals surface area contributed by atoms with E-state index in [4.69, 9.17) is 4.74 Å². The monoisotopic (exact) mass is 265 g/mol. The van der Waals surface area contributed by atoms with E-state index < -0.39 is 5.72 Å². The van der Waals surface area contributed by atoms with Crippen LogP contribution in [0.5, 0.6) is 0 Å². The second kappa shape index (κ2) is 3.93. The van der Waals surface area contributed by atoms with Crippen LogP contribution in [-0.4, -0.2) is 23.5 Å². The number of fused-ring (bicyclic) bond motifs is 3. The molecule has 0 spiro atoms. The lowest BCUT2D eigenvalue weighted by atomic mass is 9.94. The van der Waals surface area contributed by atoms with Crippen LogP contribution in [-0.2, 0) is 10.5 Å². The van der Waals surface area contributed by atoms with Crippen molar-refractivity contribution in [2.45, 2.75) is 18.8 Å². The number of amides is 1. The molecule has 100 valence electrons. The molecule has 2 aliphatic rings. The average Bonchev–Trinajstić information content (AvgIpc) is 2.95. The van der Waals surface area contributed by atoms with Gasteiger partial charge in [-0.15, -0.1) is 0 Å². The molecule has 3 nitrogen and oxygen atoms in total. The SMILES string of the molecule is CC1CN2C(=O)c3ccccc3[C@@]2(c2ccccc2)O1. The van der Waals surface area contributed by atoms with E-state index in [1.54, 1.807) is 0 Å². The summed E-state index contributed by atoms with van der Waals surface area (Å²) in [6.45, 7) is 2.64. The van der Waals surface area contributed by atoms with Crippen molar-refractivity contribution in [1.29, 1.82) is 0 Å². The minimum atomic E-state index is -0.742. The van der Waals surface area contributed by atoms with E-state index in [0.717, 1.165) is 16.7 Å². The molecule has 0 aliphatic carbocycles. The van der Waals surface area contributed by atoms with Gasteiger partial charge in [-0.2, -0.15) is 0 Å². The van der Waals surface area contributed by atoms with Crippen LogP contribution in [0.3, 0.4) is 0 Å². The largest absolute Gasteiger partial charge is 0.342 e. The third-order valence-corrected chi connectivity index (χ3v) is 4.12. The van der Waals surface area contributed by atoms with Crippen molar-refractivity contribution in [2.24, 2.45) is 0 Å². The standard InChI is InChI=1S/C17H15NO2/c1-12-11-18-16(19)14-9-5-6-10-15(14)17(18,20-12)13-7-3-2-4-8-13/h2-10,12H,11H2,1H3/t12?,17-/m1/s1. The molecule has 0 bridgehead atoms. The van der Waals surface area contributed by atoms with E-state index in [9.17, 15) is 4.79 Å². The Labute approximate surface area is 117 Å². The quantitative estimate of drug-likeness (QED) is 0.793. The predicted molar refractivity (Wildman–Crippen MR) is 75.2 cm³/mol. The highest BCUT2D eigenvalue weighted by atomic mass is 16.5. The zero-order valence-corrected chi connectivity index (χ0v) is 11.2. The van der Waals surface area contributed by atoms with Gasteiger partial charge in [-0.25, -0.2) is 0 Å². The lowest BCUT2D eigenvalue weighted by Crippen LogP contribution is -2.40. The Balaban J connectivity index is 2.01. The molecule has 2 aliphatic heterocycles. The molecular weight excluding hydrogens is 250 g/mol. The third kappa shape index (κ3) is 1.30. The number of rotatable bonds is 1. The van der Waals surface area contributed by atoms with E-state index in [1.807, 2.05) is 66.4 Å². The number of benzene rings is 2. The first-order valence-corrected chi connectivity index (χ1v) is 6.88. The third-order valence-electron chi connectivity index (χ3n) is 4.12. The number of nitrogens with zero attached hydrogens (tertiary/aromatic N) is 1. The summed E-state index contributed by atoms with van der Waals surface area (Å²) in [5.74, 6) is 0.0637. The smallest absolute Gasteiger partial charge is 0.257 e. The molecule has 2 aromatic carbocycles. The fraction of sp³-hybridized carbons (Fsp3) is 0.235. The van der Waals surface area contributed by atoms with Gasteiger partial charge in [-0.05, 0) is 13.0 Å². The van der Waals surface area contributed by atoms with Gasteiger partial charge in [0.15, 0.2) is 5.72 Å². The van der Waals surface area contributed by atoms with Crippen molar-refractivity contribution in [3.8, 4) is 0 Å². The van der Waals surface area contributed by atoms with Crippen LogP contribution in [0.25, 0.3) is 0 Å². The molecule has 1 saturated heterocycles. The molecule has 3 heteroatoms. The van der Waals surface area contributed by atoms with Crippen molar-refractivity contribution in [2.75, 3.05) is 6.54 Å². The first-order valence-electron chi connectivity index (χ1n) is 6.88. The molecule has 4 rings (SSSR count). The first kappa shape index (κ1) is 11.7. The first-order chi connectivity index (χ1) is 9.73. The molecule has 0 saturated carbocycles. The van der Waals surface area contributed by atoms with Crippen LogP contribution in [0.1, 0.15) is 28.4 Å². The van der Waals surface area contributed by atoms with Crippen LogP contribution in [0.15, 0.2) is 54.6 Å². The summed E-state index contributed by atoms with van der Waals surface area (Å²) in [7, 11) is 0. The fourth-order valence-electron chi connectivity index (χ4n) is 3.37. The Kier molecular flexibility index (Phi) is 2.30. The van der Waals surface area contributed by atoms with E-state index in [0.29, 0.717) is 6.54 Å². The summed E-state index contributed by atoms with van der Waals surface area (Å²) in [4.78, 5) is 14.5. The molecule has 2 atom stereocenters. The van der Waals surface area contributed by atoms with Crippen molar-refractivity contribution >= 4 is 5.91 Å². The second-order valence-corrected chi connectivity index (χ2v) is 5.40. The number of hydrogen-bond acceptors (Lipinski definition) is 2. The van der Waals surface area contributed by atoms with Crippen LogP contribution < -0.4 is 0 Å². The van der Waals surface area contributed by atoms with Crippen molar-refractivity contribution < 1.29 is 9.53 Å². The zero-order valence-electron chi connectivity index (χ0n) is 11.2. The number of hydrogen-bond donors (Lipinski definition) is 0. The molecule has 1 unspecified atom stereocenters.